The molecular weight excluding hydrogens is 965 g/mol. The van der Waals surface area contributed by atoms with Crippen molar-refractivity contribution >= 4 is 23.7 Å². The molecule has 0 bridgehead atoms. The van der Waals surface area contributed by atoms with Crippen LogP contribution in [0, 0.1) is 0 Å². The van der Waals surface area contributed by atoms with Crippen molar-refractivity contribution in [3.63, 3.8) is 0 Å². The van der Waals surface area contributed by atoms with Gasteiger partial charge in [0.05, 0.1) is 0 Å². The molecule has 0 radical (unpaired) electrons. The maximum absolute atomic E-state index is 13.1. The number of ether oxygens (including phenoxy) is 2. The molecule has 4 N–H and O–H groups in total. The Bertz CT molecular complexity index is 2610. The molecule has 0 unspecified atom stereocenters. The topological polar surface area (TPSA) is 134 Å². The Kier molecular flexibility index (Phi) is 20.0. The quantitative estimate of drug-likeness (QED) is 0.0535. The van der Waals surface area contributed by atoms with Crippen molar-refractivity contribution in [2.75, 3.05) is 24.7 Å². The number of aryl methyl sites for hydroxylation is 2. The first-order valence-electron chi connectivity index (χ1n) is 27.8. The Morgan fingerprint density at radius 3 is 0.855 bits per heavy atom. The average Bonchev–Trinajstić information content (AvgIpc) is 3.25. The van der Waals surface area contributed by atoms with Gasteiger partial charge in [-0.3, -0.25) is 9.59 Å². The molecule has 4 aromatic carbocycles. The number of phenols is 4. The standard InChI is InChI=1S/C67H100O8S/c1-60(2,3)46-34-42(35-47(56(46)70)61(4,5)6)23-25-54(68)74-29-31-76-32-30-75-55(69)26-24-43-36-48(62(7,8)9)58(72)52(37-43)66(19,20)27-28-67(21,22)53-41-45(40-51(59(53)73)65(16,17)18)33-44-38-49(63(10,11)12)57(71)50(39-44)64(13,14)15/h34-41,70-73H,23-33H2,1-22H3. The first-order valence-corrected chi connectivity index (χ1v) is 29.0. The summed E-state index contributed by atoms with van der Waals surface area (Å²) in [6.45, 7) is 47.2. The van der Waals surface area contributed by atoms with Crippen LogP contribution in [-0.4, -0.2) is 57.1 Å². The summed E-state index contributed by atoms with van der Waals surface area (Å²) in [7, 11) is 0. The van der Waals surface area contributed by atoms with Crippen molar-refractivity contribution in [3.05, 3.63) is 115 Å². The monoisotopic (exact) mass is 1060 g/mol. The van der Waals surface area contributed by atoms with Crippen LogP contribution in [0.25, 0.3) is 0 Å². The molecule has 0 aliphatic heterocycles. The molecule has 76 heavy (non-hydrogen) atoms. The zero-order valence-corrected chi connectivity index (χ0v) is 52.0. The third kappa shape index (κ3) is 16.9. The minimum absolute atomic E-state index is 0.198. The second-order valence-corrected chi connectivity index (χ2v) is 30.4. The molecule has 0 saturated carbocycles. The summed E-state index contributed by atoms with van der Waals surface area (Å²) >= 11 is 1.57. The summed E-state index contributed by atoms with van der Waals surface area (Å²) in [6.07, 6.45) is 3.52. The number of phenolic OH excluding ortho intramolecular Hbond substituents is 4. The summed E-state index contributed by atoms with van der Waals surface area (Å²) in [5.74, 6) is 1.92. The number of esters is 2. The molecule has 0 spiro atoms. The third-order valence-corrected chi connectivity index (χ3v) is 15.9. The van der Waals surface area contributed by atoms with E-state index in [1.807, 2.05) is 18.2 Å². The third-order valence-electron chi connectivity index (χ3n) is 15.0. The van der Waals surface area contributed by atoms with E-state index >= 15 is 0 Å². The van der Waals surface area contributed by atoms with E-state index in [2.05, 4.69) is 183 Å². The molecule has 0 aromatic heterocycles. The van der Waals surface area contributed by atoms with E-state index < -0.39 is 10.8 Å². The van der Waals surface area contributed by atoms with E-state index in [0.717, 1.165) is 73.2 Å². The van der Waals surface area contributed by atoms with E-state index in [0.29, 0.717) is 54.4 Å². The SMILES string of the molecule is CC(C)(C)c1cc(CCC(=O)OCCSCCOC(=O)CCc2cc(C(C)(C)C)c(O)c(C(C)(C)CCC(C)(C)c3cc(Cc4cc(C(C)(C)C)c(O)c(C(C)(C)C)c4)cc(C(C)(C)C)c3O)c2)cc(C(C)(C)C)c1O. The maximum atomic E-state index is 13.1. The smallest absolute Gasteiger partial charge is 0.306 e. The van der Waals surface area contributed by atoms with Gasteiger partial charge in [0.2, 0.25) is 0 Å². The molecule has 0 heterocycles. The second-order valence-electron chi connectivity index (χ2n) is 29.2. The van der Waals surface area contributed by atoms with Gasteiger partial charge in [-0.25, -0.2) is 0 Å². The molecule has 4 rings (SSSR count). The number of rotatable bonds is 19. The van der Waals surface area contributed by atoms with Gasteiger partial charge in [0.15, 0.2) is 0 Å². The lowest BCUT2D eigenvalue weighted by Gasteiger charge is -2.35. The highest BCUT2D eigenvalue weighted by Crippen LogP contribution is 2.48. The van der Waals surface area contributed by atoms with E-state index in [1.165, 1.54) is 0 Å². The summed E-state index contributed by atoms with van der Waals surface area (Å²) < 4.78 is 11.2. The van der Waals surface area contributed by atoms with Crippen LogP contribution in [0.5, 0.6) is 23.0 Å². The van der Waals surface area contributed by atoms with Crippen molar-refractivity contribution in [3.8, 4) is 23.0 Å². The molecule has 0 saturated heterocycles. The number of benzene rings is 4. The van der Waals surface area contributed by atoms with Gasteiger partial charge in [-0.05, 0) is 131 Å². The molecular formula is C67H100O8S. The zero-order chi connectivity index (χ0) is 57.9. The minimum atomic E-state index is -0.471. The summed E-state index contributed by atoms with van der Waals surface area (Å²) in [4.78, 5) is 25.8. The van der Waals surface area contributed by atoms with Gasteiger partial charge in [0.25, 0.3) is 0 Å². The molecule has 4 aromatic rings. The van der Waals surface area contributed by atoms with Gasteiger partial charge in [-0.15, -0.1) is 0 Å². The van der Waals surface area contributed by atoms with Crippen LogP contribution in [0.2, 0.25) is 0 Å². The van der Waals surface area contributed by atoms with Crippen LogP contribution in [0.4, 0.5) is 0 Å². The van der Waals surface area contributed by atoms with E-state index in [1.54, 1.807) is 11.8 Å². The summed E-state index contributed by atoms with van der Waals surface area (Å²) in [6, 6.07) is 16.7. The molecule has 0 amide bonds. The first-order chi connectivity index (χ1) is 34.4. The Morgan fingerprint density at radius 2 is 0.592 bits per heavy atom. The van der Waals surface area contributed by atoms with Gasteiger partial charge >= 0.3 is 11.9 Å². The fourth-order valence-electron chi connectivity index (χ4n) is 10.0. The average molecular weight is 1070 g/mol. The predicted molar refractivity (Wildman–Crippen MR) is 319 cm³/mol. The van der Waals surface area contributed by atoms with E-state index in [9.17, 15) is 30.0 Å². The Balaban J connectivity index is 1.41. The Labute approximate surface area is 464 Å². The van der Waals surface area contributed by atoms with Crippen LogP contribution in [0.1, 0.15) is 245 Å². The first kappa shape index (κ1) is 63.9. The highest BCUT2D eigenvalue weighted by Gasteiger charge is 2.36. The van der Waals surface area contributed by atoms with Crippen molar-refractivity contribution in [1.29, 1.82) is 0 Å². The van der Waals surface area contributed by atoms with E-state index in [4.69, 9.17) is 9.47 Å². The van der Waals surface area contributed by atoms with Gasteiger partial charge in [0, 0.05) is 35.5 Å². The largest absolute Gasteiger partial charge is 0.507 e. The molecule has 0 atom stereocenters. The molecule has 0 aliphatic rings. The number of carbonyl (C=O) groups is 2. The Hall–Kier alpha value is -4.63. The Morgan fingerprint density at radius 1 is 0.368 bits per heavy atom. The summed E-state index contributed by atoms with van der Waals surface area (Å²) in [5, 5.41) is 46.7. The molecule has 9 heteroatoms. The maximum Gasteiger partial charge on any atom is 0.306 e. The number of hydrogen-bond donors (Lipinski definition) is 4. The van der Waals surface area contributed by atoms with Gasteiger partial charge in [-0.1, -0.05) is 201 Å². The molecule has 0 aliphatic carbocycles. The van der Waals surface area contributed by atoms with Crippen molar-refractivity contribution in [2.24, 2.45) is 0 Å². The van der Waals surface area contributed by atoms with Crippen LogP contribution >= 0.6 is 11.8 Å². The normalized spacial score (nSPS) is 13.3. The van der Waals surface area contributed by atoms with Crippen molar-refractivity contribution in [2.45, 2.75) is 241 Å². The molecule has 8 nitrogen and oxygen atoms in total. The lowest BCUT2D eigenvalue weighted by Crippen LogP contribution is -2.26. The van der Waals surface area contributed by atoms with Crippen molar-refractivity contribution < 1.29 is 39.5 Å². The highest BCUT2D eigenvalue weighted by molar-refractivity contribution is 7.99. The van der Waals surface area contributed by atoms with Crippen LogP contribution in [-0.2, 0) is 81.6 Å². The molecule has 0 fully saturated rings. The van der Waals surface area contributed by atoms with Crippen LogP contribution < -0.4 is 0 Å². The number of aromatic hydroxyl groups is 4. The van der Waals surface area contributed by atoms with Crippen molar-refractivity contribution in [1.82, 2.24) is 0 Å². The van der Waals surface area contributed by atoms with Gasteiger partial charge < -0.3 is 29.9 Å². The lowest BCUT2D eigenvalue weighted by molar-refractivity contribution is -0.143. The number of thioether (sulfide) groups is 1. The highest BCUT2D eigenvalue weighted by atomic mass is 32.2. The number of carbonyl (C=O) groups excluding carboxylic acids is 2. The van der Waals surface area contributed by atoms with Crippen LogP contribution in [0.3, 0.4) is 0 Å². The minimum Gasteiger partial charge on any atom is -0.507 e. The fourth-order valence-corrected chi connectivity index (χ4v) is 10.6. The number of hydrogen-bond acceptors (Lipinski definition) is 9. The van der Waals surface area contributed by atoms with Gasteiger partial charge in [0.1, 0.15) is 36.2 Å². The fraction of sp³-hybridized carbons (Fsp3) is 0.612. The predicted octanol–water partition coefficient (Wildman–Crippen LogP) is 16.3. The summed E-state index contributed by atoms with van der Waals surface area (Å²) in [5.41, 5.74) is 8.68. The second kappa shape index (κ2) is 23.8. The van der Waals surface area contributed by atoms with Gasteiger partial charge in [-0.2, -0.15) is 11.8 Å². The molecule has 422 valence electrons. The van der Waals surface area contributed by atoms with E-state index in [-0.39, 0.29) is 76.2 Å². The zero-order valence-electron chi connectivity index (χ0n) is 51.2. The lowest BCUT2D eigenvalue weighted by atomic mass is 9.69. The van der Waals surface area contributed by atoms with Crippen LogP contribution in [0.15, 0.2) is 48.5 Å².